The summed E-state index contributed by atoms with van der Waals surface area (Å²) in [6, 6.07) is 23.5. The molecule has 0 saturated heterocycles. The summed E-state index contributed by atoms with van der Waals surface area (Å²) in [6.07, 6.45) is 0.466. The second-order valence-electron chi connectivity index (χ2n) is 6.51. The van der Waals surface area contributed by atoms with Gasteiger partial charge in [-0.05, 0) is 59.9 Å². The van der Waals surface area contributed by atoms with Crippen LogP contribution in [-0.2, 0) is 6.42 Å². The van der Waals surface area contributed by atoms with Gasteiger partial charge in [-0.15, -0.1) is 0 Å². The number of nitrogens with one attached hydrogen (secondary N) is 1. The van der Waals surface area contributed by atoms with Crippen molar-refractivity contribution in [2.24, 2.45) is 5.92 Å². The highest BCUT2D eigenvalue weighted by Gasteiger charge is 2.19. The third-order valence-corrected chi connectivity index (χ3v) is 5.86. The number of nitrogens with zero attached hydrogens (tertiary/aromatic N) is 1. The fourth-order valence-corrected chi connectivity index (χ4v) is 4.14. The normalized spacial score (nSPS) is 11.6. The number of hydrogen-bond acceptors (Lipinski definition) is 4. The monoisotopic (exact) mass is 405 g/mol. The van der Waals surface area contributed by atoms with Crippen molar-refractivity contribution in [2.45, 2.75) is 18.2 Å². The van der Waals surface area contributed by atoms with Crippen LogP contribution in [0.4, 0.5) is 5.69 Å². The average molecular weight is 406 g/mol. The van der Waals surface area contributed by atoms with E-state index in [-0.39, 0.29) is 0 Å². The third-order valence-electron chi connectivity index (χ3n) is 4.53. The molecule has 1 atom stereocenters. The van der Waals surface area contributed by atoms with Gasteiger partial charge in [0.25, 0.3) is 0 Å². The van der Waals surface area contributed by atoms with E-state index in [1.165, 1.54) is 11.8 Å². The number of aryl methyl sites for hydroxylation is 1. The molecule has 0 aliphatic rings. The molecule has 0 heterocycles. The van der Waals surface area contributed by atoms with Crippen molar-refractivity contribution in [3.8, 4) is 17.2 Å². The topological polar surface area (TPSA) is 73.7 Å². The Morgan fingerprint density at radius 2 is 1.82 bits per heavy atom. The van der Waals surface area contributed by atoms with Crippen LogP contribution in [0.15, 0.2) is 71.6 Å². The highest BCUT2D eigenvalue weighted by molar-refractivity contribution is 8.14. The van der Waals surface area contributed by atoms with Crippen molar-refractivity contribution >= 4 is 34.1 Å². The van der Waals surface area contributed by atoms with Gasteiger partial charge in [-0.3, -0.25) is 5.41 Å². The van der Waals surface area contributed by atoms with Gasteiger partial charge in [0.15, 0.2) is 0 Å². The number of nitrogens with two attached hydrogens (primary N) is 1. The number of nitrogen functional groups attached to an aromatic ring is 1. The Morgan fingerprint density at radius 3 is 2.54 bits per heavy atom. The predicted octanol–water partition coefficient (Wildman–Crippen LogP) is 6.35. The van der Waals surface area contributed by atoms with Crippen LogP contribution in [0.2, 0.25) is 5.02 Å². The van der Waals surface area contributed by atoms with Crippen LogP contribution < -0.4 is 5.73 Å². The lowest BCUT2D eigenvalue weighted by Gasteiger charge is -2.16. The molecule has 3 aromatic carbocycles. The number of nitriles is 1. The van der Waals surface area contributed by atoms with E-state index in [4.69, 9.17) is 22.7 Å². The SMILES string of the molecule is Cc1cc(Cl)ccc1-c1ccccc1CC(C#N)C(=N)Sc1ccccc1N. The highest BCUT2D eigenvalue weighted by Crippen LogP contribution is 2.33. The molecular weight excluding hydrogens is 386 g/mol. The minimum absolute atomic E-state index is 0.294. The summed E-state index contributed by atoms with van der Waals surface area (Å²) in [5.41, 5.74) is 10.9. The van der Waals surface area contributed by atoms with E-state index in [2.05, 4.69) is 6.07 Å². The van der Waals surface area contributed by atoms with Gasteiger partial charge >= 0.3 is 0 Å². The zero-order chi connectivity index (χ0) is 20.1. The highest BCUT2D eigenvalue weighted by atomic mass is 35.5. The van der Waals surface area contributed by atoms with Crippen LogP contribution in [0.25, 0.3) is 11.1 Å². The lowest BCUT2D eigenvalue weighted by molar-refractivity contribution is 0.871. The van der Waals surface area contributed by atoms with Crippen LogP contribution in [0.1, 0.15) is 11.1 Å². The molecule has 0 aliphatic carbocycles. The van der Waals surface area contributed by atoms with E-state index in [1.807, 2.05) is 67.6 Å². The van der Waals surface area contributed by atoms with Crippen LogP contribution in [0, 0.1) is 29.6 Å². The molecule has 0 radical (unpaired) electrons. The van der Waals surface area contributed by atoms with Crippen molar-refractivity contribution in [3.05, 3.63) is 82.9 Å². The molecule has 140 valence electrons. The summed E-state index contributed by atoms with van der Waals surface area (Å²) in [7, 11) is 0. The third kappa shape index (κ3) is 4.56. The van der Waals surface area contributed by atoms with E-state index in [9.17, 15) is 5.26 Å². The quantitative estimate of drug-likeness (QED) is 0.225. The van der Waals surface area contributed by atoms with Gasteiger partial charge in [-0.25, -0.2) is 0 Å². The zero-order valence-corrected chi connectivity index (χ0v) is 17.0. The number of thioether (sulfide) groups is 1. The number of benzene rings is 3. The summed E-state index contributed by atoms with van der Waals surface area (Å²) >= 11 is 7.35. The van der Waals surface area contributed by atoms with Gasteiger partial charge in [0, 0.05) is 15.6 Å². The molecule has 0 spiro atoms. The number of halogens is 1. The fourth-order valence-electron chi connectivity index (χ4n) is 3.07. The maximum absolute atomic E-state index is 9.70. The van der Waals surface area contributed by atoms with Gasteiger partial charge in [0.05, 0.1) is 17.0 Å². The second-order valence-corrected chi connectivity index (χ2v) is 8.03. The van der Waals surface area contributed by atoms with Crippen LogP contribution in [0.5, 0.6) is 0 Å². The van der Waals surface area contributed by atoms with Crippen LogP contribution >= 0.6 is 23.4 Å². The molecule has 28 heavy (non-hydrogen) atoms. The largest absolute Gasteiger partial charge is 0.398 e. The summed E-state index contributed by atoms with van der Waals surface area (Å²) in [5.74, 6) is -0.543. The van der Waals surface area contributed by atoms with E-state index in [0.717, 1.165) is 27.1 Å². The van der Waals surface area contributed by atoms with Gasteiger partial charge < -0.3 is 5.73 Å². The van der Waals surface area contributed by atoms with Crippen molar-refractivity contribution < 1.29 is 0 Å². The molecule has 0 bridgehead atoms. The van der Waals surface area contributed by atoms with Gasteiger partial charge in [-0.1, -0.05) is 65.8 Å². The standard InChI is InChI=1S/C23H20ClN3S/c1-15-12-18(24)10-11-19(15)20-7-3-2-6-16(20)13-17(14-25)23(27)28-22-9-5-4-8-21(22)26/h2-12,17,27H,13,26H2,1H3. The van der Waals surface area contributed by atoms with Gasteiger partial charge in [0.2, 0.25) is 0 Å². The molecule has 3 rings (SSSR count). The molecule has 0 aliphatic heterocycles. The first-order chi connectivity index (χ1) is 13.5. The average Bonchev–Trinajstić information content (AvgIpc) is 2.68. The van der Waals surface area contributed by atoms with Crippen molar-refractivity contribution in [2.75, 3.05) is 5.73 Å². The Kier molecular flexibility index (Phi) is 6.41. The number of hydrogen-bond donors (Lipinski definition) is 2. The first-order valence-electron chi connectivity index (χ1n) is 8.84. The maximum Gasteiger partial charge on any atom is 0.0982 e. The minimum atomic E-state index is -0.543. The molecule has 3 nitrogen and oxygen atoms in total. The molecule has 0 aromatic heterocycles. The Balaban J connectivity index is 1.87. The van der Waals surface area contributed by atoms with E-state index in [0.29, 0.717) is 22.2 Å². The maximum atomic E-state index is 9.70. The summed E-state index contributed by atoms with van der Waals surface area (Å²) in [6.45, 7) is 2.02. The molecule has 0 saturated carbocycles. The van der Waals surface area contributed by atoms with Gasteiger partial charge in [0.1, 0.15) is 0 Å². The van der Waals surface area contributed by atoms with Crippen molar-refractivity contribution in [3.63, 3.8) is 0 Å². The number of anilines is 1. The van der Waals surface area contributed by atoms with Crippen molar-refractivity contribution in [1.29, 1.82) is 10.7 Å². The number of para-hydroxylation sites is 1. The smallest absolute Gasteiger partial charge is 0.0982 e. The predicted molar refractivity (Wildman–Crippen MR) is 119 cm³/mol. The molecule has 0 fully saturated rings. The Labute approximate surface area is 174 Å². The van der Waals surface area contributed by atoms with Gasteiger partial charge in [-0.2, -0.15) is 5.26 Å². The summed E-state index contributed by atoms with van der Waals surface area (Å²) in [5, 5.41) is 19.1. The molecule has 3 aromatic rings. The summed E-state index contributed by atoms with van der Waals surface area (Å²) < 4.78 is 0. The summed E-state index contributed by atoms with van der Waals surface area (Å²) in [4.78, 5) is 0.801. The Bertz CT molecular complexity index is 1060. The van der Waals surface area contributed by atoms with Crippen LogP contribution in [-0.4, -0.2) is 5.04 Å². The first-order valence-corrected chi connectivity index (χ1v) is 10.0. The Hall–Kier alpha value is -2.74. The Morgan fingerprint density at radius 1 is 1.11 bits per heavy atom. The van der Waals surface area contributed by atoms with Crippen molar-refractivity contribution in [1.82, 2.24) is 0 Å². The molecular formula is C23H20ClN3S. The molecule has 0 amide bonds. The van der Waals surface area contributed by atoms with Crippen LogP contribution in [0.3, 0.4) is 0 Å². The lowest BCUT2D eigenvalue weighted by atomic mass is 9.91. The molecule has 1 unspecified atom stereocenters. The zero-order valence-electron chi connectivity index (χ0n) is 15.4. The molecule has 5 heteroatoms. The molecule has 3 N–H and O–H groups in total. The fraction of sp³-hybridized carbons (Fsp3) is 0.130. The number of rotatable bonds is 5. The van der Waals surface area contributed by atoms with E-state index < -0.39 is 5.92 Å². The van der Waals surface area contributed by atoms with E-state index in [1.54, 1.807) is 6.07 Å². The second kappa shape index (κ2) is 8.97. The first kappa shape index (κ1) is 20.0. The van der Waals surface area contributed by atoms with E-state index >= 15 is 0 Å². The lowest BCUT2D eigenvalue weighted by Crippen LogP contribution is -2.12. The minimum Gasteiger partial charge on any atom is -0.398 e.